The Bertz CT molecular complexity index is 1650. The molecule has 0 radical (unpaired) electrons. The molecule has 0 saturated heterocycles. The van der Waals surface area contributed by atoms with Gasteiger partial charge in [-0.1, -0.05) is 140 Å². The lowest BCUT2D eigenvalue weighted by atomic mass is 9.77. The molecule has 1 aromatic heterocycles. The zero-order valence-electron chi connectivity index (χ0n) is 22.6. The SMILES string of the molecule is CC(=O)OCc1ccc(-c2ccccc2-c2nnn(C(c3ccccc3)(c3ccccc3)c3ccccc3)n2)cc1. The van der Waals surface area contributed by atoms with Crippen molar-refractivity contribution in [2.45, 2.75) is 19.1 Å². The van der Waals surface area contributed by atoms with Gasteiger partial charge >= 0.3 is 5.97 Å². The molecule has 1 heterocycles. The molecule has 5 aromatic carbocycles. The first-order valence-corrected chi connectivity index (χ1v) is 13.5. The van der Waals surface area contributed by atoms with Crippen molar-refractivity contribution in [2.75, 3.05) is 0 Å². The summed E-state index contributed by atoms with van der Waals surface area (Å²) in [6, 6.07) is 46.9. The third-order valence-corrected chi connectivity index (χ3v) is 7.16. The van der Waals surface area contributed by atoms with Gasteiger partial charge in [-0.25, -0.2) is 0 Å². The summed E-state index contributed by atoms with van der Waals surface area (Å²) in [5.74, 6) is 0.225. The second-order valence-electron chi connectivity index (χ2n) is 9.73. The normalized spacial score (nSPS) is 11.2. The summed E-state index contributed by atoms with van der Waals surface area (Å²) in [5, 5.41) is 14.4. The van der Waals surface area contributed by atoms with Crippen molar-refractivity contribution >= 4 is 5.97 Å². The monoisotopic (exact) mass is 536 g/mol. The van der Waals surface area contributed by atoms with E-state index < -0.39 is 5.54 Å². The van der Waals surface area contributed by atoms with Gasteiger partial charge in [-0.3, -0.25) is 4.79 Å². The molecule has 0 aliphatic carbocycles. The molecule has 0 fully saturated rings. The number of aromatic nitrogens is 4. The second kappa shape index (κ2) is 11.4. The molecule has 200 valence electrons. The van der Waals surface area contributed by atoms with Gasteiger partial charge in [0.2, 0.25) is 5.82 Å². The highest BCUT2D eigenvalue weighted by Gasteiger charge is 2.41. The molecule has 0 spiro atoms. The van der Waals surface area contributed by atoms with Crippen molar-refractivity contribution in [3.05, 3.63) is 162 Å². The van der Waals surface area contributed by atoms with E-state index in [-0.39, 0.29) is 12.6 Å². The van der Waals surface area contributed by atoms with E-state index in [4.69, 9.17) is 15.0 Å². The van der Waals surface area contributed by atoms with Gasteiger partial charge in [0.1, 0.15) is 6.61 Å². The van der Waals surface area contributed by atoms with E-state index >= 15 is 0 Å². The standard InChI is InChI=1S/C35H28N4O2/c1-26(40)41-25-27-21-23-28(24-22-27)32-19-11-12-20-33(32)34-36-38-39(37-34)35(29-13-5-2-6-14-29,30-15-7-3-8-16-30)31-17-9-4-10-18-31/h2-24H,25H2,1H3. The molecule has 0 N–H and O–H groups in total. The smallest absolute Gasteiger partial charge is 0.302 e. The van der Waals surface area contributed by atoms with Gasteiger partial charge in [0.15, 0.2) is 5.54 Å². The Hall–Kier alpha value is -5.36. The van der Waals surface area contributed by atoms with E-state index in [9.17, 15) is 4.79 Å². The van der Waals surface area contributed by atoms with Crippen LogP contribution < -0.4 is 0 Å². The first kappa shape index (κ1) is 25.9. The van der Waals surface area contributed by atoms with Crippen LogP contribution >= 0.6 is 0 Å². The zero-order valence-corrected chi connectivity index (χ0v) is 22.6. The van der Waals surface area contributed by atoms with Gasteiger partial charge in [-0.2, -0.15) is 0 Å². The van der Waals surface area contributed by atoms with Crippen molar-refractivity contribution in [3.63, 3.8) is 0 Å². The van der Waals surface area contributed by atoms with Crippen LogP contribution in [0.15, 0.2) is 140 Å². The van der Waals surface area contributed by atoms with Gasteiger partial charge < -0.3 is 4.74 Å². The lowest BCUT2D eigenvalue weighted by Gasteiger charge is -2.34. The van der Waals surface area contributed by atoms with Crippen molar-refractivity contribution in [1.82, 2.24) is 20.2 Å². The van der Waals surface area contributed by atoms with Crippen LogP contribution in [0.1, 0.15) is 29.2 Å². The van der Waals surface area contributed by atoms with E-state index in [0.717, 1.165) is 38.9 Å². The number of ether oxygens (including phenoxy) is 1. The number of rotatable bonds is 8. The Morgan fingerprint density at radius 2 is 1.15 bits per heavy atom. The highest BCUT2D eigenvalue weighted by molar-refractivity contribution is 5.80. The fraction of sp³-hybridized carbons (Fsp3) is 0.0857. The lowest BCUT2D eigenvalue weighted by Crippen LogP contribution is -2.39. The number of esters is 1. The van der Waals surface area contributed by atoms with Crippen LogP contribution in [0.4, 0.5) is 0 Å². The maximum Gasteiger partial charge on any atom is 0.302 e. The summed E-state index contributed by atoms with van der Waals surface area (Å²) in [5.41, 5.74) is 6.01. The summed E-state index contributed by atoms with van der Waals surface area (Å²) in [6.45, 7) is 1.65. The van der Waals surface area contributed by atoms with E-state index in [1.165, 1.54) is 6.92 Å². The predicted octanol–water partition coefficient (Wildman–Crippen LogP) is 6.91. The quantitative estimate of drug-likeness (QED) is 0.156. The van der Waals surface area contributed by atoms with Gasteiger partial charge in [-0.15, -0.1) is 15.0 Å². The van der Waals surface area contributed by atoms with Crippen LogP contribution in [0.25, 0.3) is 22.5 Å². The maximum atomic E-state index is 11.2. The third kappa shape index (κ3) is 5.03. The number of carbonyl (C=O) groups is 1. The summed E-state index contributed by atoms with van der Waals surface area (Å²) < 4.78 is 5.14. The highest BCUT2D eigenvalue weighted by Crippen LogP contribution is 2.40. The first-order chi connectivity index (χ1) is 20.2. The average molecular weight is 537 g/mol. The molecule has 0 saturated carbocycles. The maximum absolute atomic E-state index is 11.2. The van der Waals surface area contributed by atoms with Crippen LogP contribution in [0.3, 0.4) is 0 Å². The van der Waals surface area contributed by atoms with Gasteiger partial charge in [-0.05, 0) is 38.6 Å². The predicted molar refractivity (Wildman–Crippen MR) is 159 cm³/mol. The molecule has 0 bridgehead atoms. The topological polar surface area (TPSA) is 69.9 Å². The third-order valence-electron chi connectivity index (χ3n) is 7.16. The Labute approximate surface area is 238 Å². The van der Waals surface area contributed by atoms with Crippen molar-refractivity contribution in [2.24, 2.45) is 0 Å². The van der Waals surface area contributed by atoms with Crippen LogP contribution in [0.5, 0.6) is 0 Å². The van der Waals surface area contributed by atoms with Crippen molar-refractivity contribution in [1.29, 1.82) is 0 Å². The number of nitrogens with zero attached hydrogens (tertiary/aromatic N) is 4. The molecule has 6 nitrogen and oxygen atoms in total. The summed E-state index contributed by atoms with van der Waals surface area (Å²) in [4.78, 5) is 12.9. The Morgan fingerprint density at radius 3 is 1.66 bits per heavy atom. The van der Waals surface area contributed by atoms with Crippen LogP contribution in [-0.4, -0.2) is 26.2 Å². The number of tetrazole rings is 1. The highest BCUT2D eigenvalue weighted by atomic mass is 16.5. The minimum absolute atomic E-state index is 0.244. The Balaban J connectivity index is 1.49. The van der Waals surface area contributed by atoms with E-state index in [2.05, 4.69) is 47.6 Å². The second-order valence-corrected chi connectivity index (χ2v) is 9.73. The van der Waals surface area contributed by atoms with Gasteiger partial charge in [0.05, 0.1) is 0 Å². The lowest BCUT2D eigenvalue weighted by molar-refractivity contribution is -0.142. The Morgan fingerprint density at radius 1 is 0.659 bits per heavy atom. The molecule has 41 heavy (non-hydrogen) atoms. The van der Waals surface area contributed by atoms with E-state index in [1.54, 1.807) is 4.80 Å². The number of hydrogen-bond acceptors (Lipinski definition) is 5. The number of benzene rings is 5. The molecule has 0 unspecified atom stereocenters. The first-order valence-electron chi connectivity index (χ1n) is 13.5. The van der Waals surface area contributed by atoms with E-state index in [1.807, 2.05) is 97.1 Å². The molecule has 6 heteroatoms. The van der Waals surface area contributed by atoms with Gasteiger partial charge in [0, 0.05) is 12.5 Å². The summed E-state index contributed by atoms with van der Waals surface area (Å²) >= 11 is 0. The minimum atomic E-state index is -0.845. The van der Waals surface area contributed by atoms with Gasteiger partial charge in [0.25, 0.3) is 0 Å². The van der Waals surface area contributed by atoms with Crippen molar-refractivity contribution in [3.8, 4) is 22.5 Å². The van der Waals surface area contributed by atoms with Crippen LogP contribution in [0.2, 0.25) is 0 Å². The molecule has 0 aliphatic rings. The summed E-state index contributed by atoms with van der Waals surface area (Å²) in [6.07, 6.45) is 0. The molecular weight excluding hydrogens is 508 g/mol. The average Bonchev–Trinajstić information content (AvgIpc) is 3.53. The molecule has 6 aromatic rings. The van der Waals surface area contributed by atoms with E-state index in [0.29, 0.717) is 5.82 Å². The van der Waals surface area contributed by atoms with Crippen LogP contribution in [-0.2, 0) is 21.7 Å². The Kier molecular flexibility index (Phi) is 7.20. The fourth-order valence-electron chi connectivity index (χ4n) is 5.24. The van der Waals surface area contributed by atoms with Crippen molar-refractivity contribution < 1.29 is 9.53 Å². The fourth-order valence-corrected chi connectivity index (χ4v) is 5.24. The van der Waals surface area contributed by atoms with Crippen LogP contribution in [0, 0.1) is 0 Å². The molecule has 0 aliphatic heterocycles. The number of hydrogen-bond donors (Lipinski definition) is 0. The zero-order chi connectivity index (χ0) is 28.1. The summed E-state index contributed by atoms with van der Waals surface area (Å²) in [7, 11) is 0. The minimum Gasteiger partial charge on any atom is -0.461 e. The molecule has 0 amide bonds. The molecule has 6 rings (SSSR count). The number of carbonyl (C=O) groups excluding carboxylic acids is 1. The molecular formula is C35H28N4O2. The largest absolute Gasteiger partial charge is 0.461 e. The molecule has 0 atom stereocenters.